The van der Waals surface area contributed by atoms with Crippen molar-refractivity contribution in [3.8, 4) is 6.07 Å². The van der Waals surface area contributed by atoms with Crippen LogP contribution in [0, 0.1) is 11.3 Å². The van der Waals surface area contributed by atoms with Crippen molar-refractivity contribution in [3.05, 3.63) is 23.8 Å². The van der Waals surface area contributed by atoms with E-state index in [0.717, 1.165) is 19.3 Å². The van der Waals surface area contributed by atoms with Crippen LogP contribution >= 0.6 is 0 Å². The Morgan fingerprint density at radius 3 is 2.67 bits per heavy atom. The fourth-order valence-corrected chi connectivity index (χ4v) is 4.23. The van der Waals surface area contributed by atoms with Gasteiger partial charge in [-0.1, -0.05) is 6.42 Å². The second kappa shape index (κ2) is 6.43. The largest absolute Gasteiger partial charge is 0.399 e. The van der Waals surface area contributed by atoms with E-state index in [4.69, 9.17) is 16.1 Å². The minimum absolute atomic E-state index is 0.0101. The molecule has 1 aromatic carbocycles. The number of nitrogens with two attached hydrogens (primary N) is 1. The van der Waals surface area contributed by atoms with Gasteiger partial charge in [-0.15, -0.1) is 0 Å². The van der Waals surface area contributed by atoms with Crippen molar-refractivity contribution in [3.63, 3.8) is 0 Å². The first-order chi connectivity index (χ1) is 10.0. The minimum atomic E-state index is -3.75. The molecule has 0 unspecified atom stereocenters. The smallest absolute Gasteiger partial charge is 0.244 e. The molecule has 0 heterocycles. The molecule has 7 heteroatoms. The lowest BCUT2D eigenvalue weighted by atomic mass is 9.93. The average Bonchev–Trinajstić information content (AvgIpc) is 2.40. The minimum Gasteiger partial charge on any atom is -0.399 e. The number of benzene rings is 1. The summed E-state index contributed by atoms with van der Waals surface area (Å²) in [6.45, 7) is 0.199. The number of nitrogens with zero attached hydrogens (tertiary/aromatic N) is 2. The van der Waals surface area contributed by atoms with Crippen molar-refractivity contribution in [2.45, 2.75) is 36.6 Å². The highest BCUT2D eigenvalue weighted by atomic mass is 32.2. The highest BCUT2D eigenvalue weighted by Crippen LogP contribution is 2.31. The number of hydrogen-bond acceptors (Lipinski definition) is 5. The number of rotatable bonds is 6. The molecule has 0 atom stereocenters. The van der Waals surface area contributed by atoms with E-state index in [1.165, 1.54) is 22.5 Å². The molecule has 1 fully saturated rings. The van der Waals surface area contributed by atoms with Crippen LogP contribution in [0.1, 0.15) is 31.2 Å². The standard InChI is InChI=1S/C14H19N3O3S/c15-10-11-9-12(16)5-6-14(11)21(19,20)17(7-2-8-18)13-3-1-4-13/h5-6,9,13,18H,1-4,7-8,16H2. The molecule has 114 valence electrons. The monoisotopic (exact) mass is 309 g/mol. The predicted molar refractivity (Wildman–Crippen MR) is 78.8 cm³/mol. The Balaban J connectivity index is 2.40. The second-order valence-electron chi connectivity index (χ2n) is 5.15. The summed E-state index contributed by atoms with van der Waals surface area (Å²) < 4.78 is 27.0. The quantitative estimate of drug-likeness (QED) is 0.764. The van der Waals surface area contributed by atoms with E-state index in [0.29, 0.717) is 12.1 Å². The Bertz CT molecular complexity index is 648. The second-order valence-corrected chi connectivity index (χ2v) is 7.00. The van der Waals surface area contributed by atoms with Crippen LogP contribution in [0.4, 0.5) is 5.69 Å². The third-order valence-corrected chi connectivity index (χ3v) is 5.74. The van der Waals surface area contributed by atoms with Gasteiger partial charge in [0.2, 0.25) is 10.0 Å². The predicted octanol–water partition coefficient (Wildman–Crippen LogP) is 1.07. The van der Waals surface area contributed by atoms with Gasteiger partial charge in [0.25, 0.3) is 0 Å². The van der Waals surface area contributed by atoms with Gasteiger partial charge in [0, 0.05) is 24.9 Å². The van der Waals surface area contributed by atoms with Gasteiger partial charge in [-0.25, -0.2) is 8.42 Å². The Hall–Kier alpha value is -1.62. The third kappa shape index (κ3) is 3.18. The van der Waals surface area contributed by atoms with Crippen LogP contribution in [0.25, 0.3) is 0 Å². The summed E-state index contributed by atoms with van der Waals surface area (Å²) in [5, 5.41) is 18.1. The zero-order valence-electron chi connectivity index (χ0n) is 11.7. The van der Waals surface area contributed by atoms with Gasteiger partial charge in [-0.3, -0.25) is 0 Å². The van der Waals surface area contributed by atoms with E-state index in [1.54, 1.807) is 0 Å². The van der Waals surface area contributed by atoms with Crippen LogP contribution in [0.3, 0.4) is 0 Å². The lowest BCUT2D eigenvalue weighted by molar-refractivity contribution is 0.198. The zero-order chi connectivity index (χ0) is 15.5. The topological polar surface area (TPSA) is 107 Å². The van der Waals surface area contributed by atoms with E-state index in [2.05, 4.69) is 0 Å². The van der Waals surface area contributed by atoms with E-state index in [1.807, 2.05) is 6.07 Å². The molecular weight excluding hydrogens is 290 g/mol. The number of anilines is 1. The van der Waals surface area contributed by atoms with Crippen molar-refractivity contribution in [1.29, 1.82) is 5.26 Å². The number of sulfonamides is 1. The molecule has 0 spiro atoms. The molecule has 0 aromatic heterocycles. The summed E-state index contributed by atoms with van der Waals surface area (Å²) in [7, 11) is -3.75. The molecule has 0 amide bonds. The summed E-state index contributed by atoms with van der Waals surface area (Å²) in [5.41, 5.74) is 6.02. The maximum atomic E-state index is 12.8. The van der Waals surface area contributed by atoms with E-state index in [-0.39, 0.29) is 29.7 Å². The summed E-state index contributed by atoms with van der Waals surface area (Å²) >= 11 is 0. The fraction of sp³-hybridized carbons (Fsp3) is 0.500. The highest BCUT2D eigenvalue weighted by Gasteiger charge is 2.35. The Morgan fingerprint density at radius 2 is 2.14 bits per heavy atom. The van der Waals surface area contributed by atoms with Crippen LogP contribution in [0.15, 0.2) is 23.1 Å². The van der Waals surface area contributed by atoms with Gasteiger partial charge in [0.1, 0.15) is 11.0 Å². The summed E-state index contributed by atoms with van der Waals surface area (Å²) in [6.07, 6.45) is 3.03. The van der Waals surface area contributed by atoms with Crippen molar-refractivity contribution >= 4 is 15.7 Å². The van der Waals surface area contributed by atoms with Gasteiger partial charge in [-0.2, -0.15) is 9.57 Å². The lowest BCUT2D eigenvalue weighted by Gasteiger charge is -2.36. The van der Waals surface area contributed by atoms with Gasteiger partial charge in [-0.05, 0) is 37.5 Å². The number of aliphatic hydroxyl groups excluding tert-OH is 1. The third-order valence-electron chi connectivity index (χ3n) is 3.73. The van der Waals surface area contributed by atoms with Crippen LogP contribution in [0.5, 0.6) is 0 Å². The normalized spacial score (nSPS) is 15.7. The Morgan fingerprint density at radius 1 is 1.43 bits per heavy atom. The van der Waals surface area contributed by atoms with Crippen LogP contribution in [-0.4, -0.2) is 37.0 Å². The number of aliphatic hydroxyl groups is 1. The Kier molecular flexibility index (Phi) is 4.83. The molecule has 0 aliphatic heterocycles. The molecule has 1 aliphatic carbocycles. The van der Waals surface area contributed by atoms with Crippen molar-refractivity contribution < 1.29 is 13.5 Å². The molecule has 0 radical (unpaired) electrons. The number of nitrogen functional groups attached to an aromatic ring is 1. The fourth-order valence-electron chi connectivity index (χ4n) is 2.39. The molecule has 6 nitrogen and oxygen atoms in total. The van der Waals surface area contributed by atoms with Crippen LogP contribution in [0.2, 0.25) is 0 Å². The summed E-state index contributed by atoms with van der Waals surface area (Å²) in [4.78, 5) is -0.0101. The average molecular weight is 309 g/mol. The first kappa shape index (κ1) is 15.8. The first-order valence-corrected chi connectivity index (χ1v) is 8.37. The maximum absolute atomic E-state index is 12.8. The van der Waals surface area contributed by atoms with Gasteiger partial charge < -0.3 is 10.8 Å². The zero-order valence-corrected chi connectivity index (χ0v) is 12.5. The number of hydrogen-bond donors (Lipinski definition) is 2. The van der Waals surface area contributed by atoms with Gasteiger partial charge in [0.15, 0.2) is 0 Å². The Labute approximate surface area is 124 Å². The molecule has 1 saturated carbocycles. The summed E-state index contributed by atoms with van der Waals surface area (Å²) in [5.74, 6) is 0. The van der Waals surface area contributed by atoms with Crippen LogP contribution in [-0.2, 0) is 10.0 Å². The number of nitriles is 1. The lowest BCUT2D eigenvalue weighted by Crippen LogP contribution is -2.45. The van der Waals surface area contributed by atoms with Gasteiger partial charge >= 0.3 is 0 Å². The van der Waals surface area contributed by atoms with Crippen molar-refractivity contribution in [1.82, 2.24) is 4.31 Å². The summed E-state index contributed by atoms with van der Waals surface area (Å²) in [6, 6.07) is 6.10. The molecular formula is C14H19N3O3S. The van der Waals surface area contributed by atoms with Crippen LogP contribution < -0.4 is 5.73 Å². The molecule has 3 N–H and O–H groups in total. The van der Waals surface area contributed by atoms with E-state index < -0.39 is 10.0 Å². The van der Waals surface area contributed by atoms with Crippen molar-refractivity contribution in [2.24, 2.45) is 0 Å². The van der Waals surface area contributed by atoms with Crippen molar-refractivity contribution in [2.75, 3.05) is 18.9 Å². The molecule has 1 aliphatic rings. The highest BCUT2D eigenvalue weighted by molar-refractivity contribution is 7.89. The maximum Gasteiger partial charge on any atom is 0.244 e. The SMILES string of the molecule is N#Cc1cc(N)ccc1S(=O)(=O)N(CCCO)C1CCC1. The van der Waals surface area contributed by atoms with E-state index in [9.17, 15) is 8.42 Å². The van der Waals surface area contributed by atoms with E-state index >= 15 is 0 Å². The first-order valence-electron chi connectivity index (χ1n) is 6.93. The molecule has 0 saturated heterocycles. The molecule has 1 aromatic rings. The molecule has 2 rings (SSSR count). The molecule has 21 heavy (non-hydrogen) atoms. The van der Waals surface area contributed by atoms with Gasteiger partial charge in [0.05, 0.1) is 5.56 Å². The molecule has 0 bridgehead atoms.